The maximum Gasteiger partial charge on any atom is 0.414 e. The summed E-state index contributed by atoms with van der Waals surface area (Å²) in [4.78, 5) is 20.7. The van der Waals surface area contributed by atoms with Gasteiger partial charge in [-0.1, -0.05) is 26.0 Å². The molecule has 1 unspecified atom stereocenters. The number of piperidine rings is 1. The number of ether oxygens (including phenoxy) is 1. The maximum absolute atomic E-state index is 9.75. The Morgan fingerprint density at radius 3 is 2.19 bits per heavy atom. The zero-order valence-corrected chi connectivity index (χ0v) is 16.1. The highest BCUT2D eigenvalue weighted by atomic mass is 16.5. The number of carbonyl (C=O) groups is 2. The molecule has 1 aromatic rings. The lowest BCUT2D eigenvalue weighted by Gasteiger charge is -2.30. The van der Waals surface area contributed by atoms with Gasteiger partial charge in [-0.15, -0.1) is 0 Å². The van der Waals surface area contributed by atoms with E-state index >= 15 is 0 Å². The van der Waals surface area contributed by atoms with Crippen LogP contribution in [0.1, 0.15) is 51.2 Å². The van der Waals surface area contributed by atoms with Crippen molar-refractivity contribution in [2.45, 2.75) is 45.6 Å². The van der Waals surface area contributed by atoms with E-state index < -0.39 is 11.9 Å². The van der Waals surface area contributed by atoms with Gasteiger partial charge in [0.25, 0.3) is 0 Å². The highest BCUT2D eigenvalue weighted by Gasteiger charge is 2.14. The van der Waals surface area contributed by atoms with Crippen LogP contribution >= 0.6 is 0 Å². The SMILES string of the molecule is CCC(O)c1ccc(OCCCN2CCC(C)CC2)cc1.O=C(O)C(=O)O. The van der Waals surface area contributed by atoms with E-state index in [1.54, 1.807) is 0 Å². The molecule has 0 aromatic heterocycles. The molecule has 0 amide bonds. The van der Waals surface area contributed by atoms with Crippen LogP contribution in [0, 0.1) is 5.92 Å². The summed E-state index contributed by atoms with van der Waals surface area (Å²) in [5.74, 6) is -1.85. The molecule has 1 atom stereocenters. The van der Waals surface area contributed by atoms with Crippen LogP contribution in [0.15, 0.2) is 24.3 Å². The number of nitrogens with zero attached hydrogens (tertiary/aromatic N) is 1. The van der Waals surface area contributed by atoms with Crippen molar-refractivity contribution in [2.75, 3.05) is 26.2 Å². The smallest absolute Gasteiger partial charge is 0.414 e. The van der Waals surface area contributed by atoms with Crippen LogP contribution in [0.3, 0.4) is 0 Å². The van der Waals surface area contributed by atoms with Crippen LogP contribution in [0.2, 0.25) is 0 Å². The molecule has 1 aromatic carbocycles. The topological polar surface area (TPSA) is 107 Å². The highest BCUT2D eigenvalue weighted by molar-refractivity contribution is 6.27. The number of hydrogen-bond donors (Lipinski definition) is 3. The summed E-state index contributed by atoms with van der Waals surface area (Å²) in [6.07, 6.45) is 4.13. The van der Waals surface area contributed by atoms with Crippen LogP contribution in [0.5, 0.6) is 5.75 Å². The summed E-state index contributed by atoms with van der Waals surface area (Å²) in [5, 5.41) is 24.5. The summed E-state index contributed by atoms with van der Waals surface area (Å²) in [5.41, 5.74) is 0.965. The standard InChI is InChI=1S/C18H29NO2.C2H2O4/c1-3-18(20)16-5-7-17(8-6-16)21-14-4-11-19-12-9-15(2)10-13-19;3-1(4)2(5)6/h5-8,15,18,20H,3-4,9-14H2,1-2H3;(H,3,4)(H,5,6). The second-order valence-corrected chi connectivity index (χ2v) is 6.83. The van der Waals surface area contributed by atoms with Gasteiger partial charge in [-0.3, -0.25) is 0 Å². The number of aliphatic hydroxyl groups excluding tert-OH is 1. The molecule has 0 radical (unpaired) electrons. The molecule has 7 nitrogen and oxygen atoms in total. The molecular weight excluding hydrogens is 350 g/mol. The molecule has 2 rings (SSSR count). The fourth-order valence-corrected chi connectivity index (χ4v) is 2.79. The van der Waals surface area contributed by atoms with Crippen LogP contribution in [-0.2, 0) is 9.59 Å². The molecule has 0 spiro atoms. The van der Waals surface area contributed by atoms with Gasteiger partial charge >= 0.3 is 11.9 Å². The van der Waals surface area contributed by atoms with Crippen molar-refractivity contribution in [1.82, 2.24) is 4.90 Å². The van der Waals surface area contributed by atoms with Crippen molar-refractivity contribution < 1.29 is 29.6 Å². The minimum atomic E-state index is -1.82. The monoisotopic (exact) mass is 381 g/mol. The first-order chi connectivity index (χ1) is 12.8. The number of benzene rings is 1. The Morgan fingerprint density at radius 2 is 1.70 bits per heavy atom. The van der Waals surface area contributed by atoms with Gasteiger partial charge in [0.05, 0.1) is 12.7 Å². The lowest BCUT2D eigenvalue weighted by Crippen LogP contribution is -2.34. The third kappa shape index (κ3) is 9.40. The summed E-state index contributed by atoms with van der Waals surface area (Å²) in [7, 11) is 0. The molecule has 1 aliphatic rings. The summed E-state index contributed by atoms with van der Waals surface area (Å²) >= 11 is 0. The molecule has 152 valence electrons. The Balaban J connectivity index is 0.000000527. The number of carboxylic acid groups (broad SMARTS) is 2. The molecule has 7 heteroatoms. The van der Waals surface area contributed by atoms with E-state index in [-0.39, 0.29) is 6.10 Å². The third-order valence-electron chi connectivity index (χ3n) is 4.60. The Kier molecular flexibility index (Phi) is 10.4. The fourth-order valence-electron chi connectivity index (χ4n) is 2.79. The number of likely N-dealkylation sites (tertiary alicyclic amines) is 1. The van der Waals surface area contributed by atoms with E-state index in [4.69, 9.17) is 24.5 Å². The van der Waals surface area contributed by atoms with Crippen molar-refractivity contribution in [2.24, 2.45) is 5.92 Å². The molecule has 0 bridgehead atoms. The minimum Gasteiger partial charge on any atom is -0.494 e. The van der Waals surface area contributed by atoms with Crippen LogP contribution in [0.4, 0.5) is 0 Å². The second kappa shape index (κ2) is 12.3. The normalized spacial score (nSPS) is 16.1. The summed E-state index contributed by atoms with van der Waals surface area (Å²) < 4.78 is 5.78. The number of aliphatic hydroxyl groups is 1. The largest absolute Gasteiger partial charge is 0.494 e. The van der Waals surface area contributed by atoms with Gasteiger partial charge in [0.15, 0.2) is 0 Å². The van der Waals surface area contributed by atoms with Crippen LogP contribution in [-0.4, -0.2) is 58.4 Å². The molecule has 0 aliphatic carbocycles. The average molecular weight is 381 g/mol. The Labute approximate surface area is 160 Å². The summed E-state index contributed by atoms with van der Waals surface area (Å²) in [6.45, 7) is 8.71. The average Bonchev–Trinajstić information content (AvgIpc) is 2.67. The second-order valence-electron chi connectivity index (χ2n) is 6.83. The van der Waals surface area contributed by atoms with E-state index in [9.17, 15) is 5.11 Å². The maximum atomic E-state index is 9.75. The number of hydrogen-bond acceptors (Lipinski definition) is 5. The van der Waals surface area contributed by atoms with E-state index in [0.29, 0.717) is 0 Å². The third-order valence-corrected chi connectivity index (χ3v) is 4.60. The molecule has 3 N–H and O–H groups in total. The van der Waals surface area contributed by atoms with Gasteiger partial charge in [0.2, 0.25) is 0 Å². The van der Waals surface area contributed by atoms with E-state index in [0.717, 1.165) is 43.2 Å². The van der Waals surface area contributed by atoms with Gasteiger partial charge in [0.1, 0.15) is 5.75 Å². The number of rotatable bonds is 7. The van der Waals surface area contributed by atoms with Crippen LogP contribution in [0.25, 0.3) is 0 Å². The molecule has 27 heavy (non-hydrogen) atoms. The van der Waals surface area contributed by atoms with Crippen molar-refractivity contribution in [3.63, 3.8) is 0 Å². The predicted octanol–water partition coefficient (Wildman–Crippen LogP) is 2.79. The molecule has 1 aliphatic heterocycles. The van der Waals surface area contributed by atoms with E-state index in [1.807, 2.05) is 31.2 Å². The molecule has 1 heterocycles. The van der Waals surface area contributed by atoms with Gasteiger partial charge < -0.3 is 25.0 Å². The highest BCUT2D eigenvalue weighted by Crippen LogP contribution is 2.20. The van der Waals surface area contributed by atoms with Crippen molar-refractivity contribution >= 4 is 11.9 Å². The first-order valence-corrected chi connectivity index (χ1v) is 9.42. The molecule has 0 saturated carbocycles. The predicted molar refractivity (Wildman–Crippen MR) is 102 cm³/mol. The first kappa shape index (κ1) is 22.9. The zero-order valence-electron chi connectivity index (χ0n) is 16.1. The van der Waals surface area contributed by atoms with Gasteiger partial charge in [-0.2, -0.15) is 0 Å². The van der Waals surface area contributed by atoms with Crippen LogP contribution < -0.4 is 4.74 Å². The van der Waals surface area contributed by atoms with Gasteiger partial charge in [-0.05, 0) is 62.4 Å². The Morgan fingerprint density at radius 1 is 1.15 bits per heavy atom. The van der Waals surface area contributed by atoms with E-state index in [2.05, 4.69) is 11.8 Å². The van der Waals surface area contributed by atoms with Gasteiger partial charge in [-0.25, -0.2) is 9.59 Å². The van der Waals surface area contributed by atoms with E-state index in [1.165, 1.54) is 25.9 Å². The quantitative estimate of drug-likeness (QED) is 0.492. The van der Waals surface area contributed by atoms with Crippen molar-refractivity contribution in [1.29, 1.82) is 0 Å². The lowest BCUT2D eigenvalue weighted by atomic mass is 9.99. The van der Waals surface area contributed by atoms with Gasteiger partial charge in [0, 0.05) is 6.54 Å². The molecule has 1 fully saturated rings. The zero-order chi connectivity index (χ0) is 20.2. The molecular formula is C20H31NO6. The Bertz CT molecular complexity index is 554. The fraction of sp³-hybridized carbons (Fsp3) is 0.600. The first-order valence-electron chi connectivity index (χ1n) is 9.42. The van der Waals surface area contributed by atoms with Crippen molar-refractivity contribution in [3.05, 3.63) is 29.8 Å². The minimum absolute atomic E-state index is 0.361. The van der Waals surface area contributed by atoms with Crippen molar-refractivity contribution in [3.8, 4) is 5.75 Å². The molecule has 1 saturated heterocycles. The number of aliphatic carboxylic acids is 2. The number of carboxylic acids is 2. The Hall–Kier alpha value is -2.12. The summed E-state index contributed by atoms with van der Waals surface area (Å²) in [6, 6.07) is 7.82. The lowest BCUT2D eigenvalue weighted by molar-refractivity contribution is -0.159.